The molecule has 24 heavy (non-hydrogen) atoms. The summed E-state index contributed by atoms with van der Waals surface area (Å²) in [6, 6.07) is 12.1. The van der Waals surface area contributed by atoms with E-state index < -0.39 is 0 Å². The van der Waals surface area contributed by atoms with Crippen LogP contribution in [-0.2, 0) is 13.0 Å². The van der Waals surface area contributed by atoms with Gasteiger partial charge in [-0.3, -0.25) is 9.36 Å². The number of aromatic nitrogens is 3. The van der Waals surface area contributed by atoms with E-state index in [4.69, 9.17) is 12.2 Å². The zero-order valence-electron chi connectivity index (χ0n) is 13.1. The first-order valence-electron chi connectivity index (χ1n) is 7.75. The Morgan fingerprint density at radius 2 is 1.96 bits per heavy atom. The second kappa shape index (κ2) is 5.96. The molecule has 4 nitrogen and oxygen atoms in total. The standard InChI is InChI=1S/C18H15N3OS2/c1-2-11-5-7-12(8-6-11)10-21-17(22)15-14(20-18(21)23)13-4-3-9-19-16(13)24-15/h3-9H,2,10H2,1H3,(H,20,23). The summed E-state index contributed by atoms with van der Waals surface area (Å²) >= 11 is 6.84. The molecule has 0 saturated heterocycles. The molecule has 120 valence electrons. The quantitative estimate of drug-likeness (QED) is 0.559. The lowest BCUT2D eigenvalue weighted by Gasteiger charge is -2.07. The maximum Gasteiger partial charge on any atom is 0.272 e. The number of fused-ring (bicyclic) bond motifs is 3. The smallest absolute Gasteiger partial charge is 0.272 e. The van der Waals surface area contributed by atoms with Crippen LogP contribution >= 0.6 is 23.6 Å². The largest absolute Gasteiger partial charge is 0.330 e. The number of benzene rings is 1. The van der Waals surface area contributed by atoms with Crippen molar-refractivity contribution in [1.29, 1.82) is 0 Å². The zero-order chi connectivity index (χ0) is 16.7. The predicted molar refractivity (Wildman–Crippen MR) is 101 cm³/mol. The Bertz CT molecular complexity index is 1150. The summed E-state index contributed by atoms with van der Waals surface area (Å²) in [6.07, 6.45) is 2.74. The molecule has 0 aliphatic carbocycles. The molecule has 4 aromatic rings. The molecule has 0 radical (unpaired) electrons. The minimum atomic E-state index is -0.0590. The van der Waals surface area contributed by atoms with E-state index in [9.17, 15) is 4.79 Å². The molecule has 0 saturated carbocycles. The highest BCUT2D eigenvalue weighted by atomic mass is 32.1. The monoisotopic (exact) mass is 353 g/mol. The van der Waals surface area contributed by atoms with Gasteiger partial charge in [-0.1, -0.05) is 31.2 Å². The first-order chi connectivity index (χ1) is 11.7. The van der Waals surface area contributed by atoms with Crippen LogP contribution in [0.15, 0.2) is 47.4 Å². The lowest BCUT2D eigenvalue weighted by molar-refractivity contribution is 0.736. The molecule has 0 spiro atoms. The summed E-state index contributed by atoms with van der Waals surface area (Å²) in [6.45, 7) is 2.59. The molecular formula is C18H15N3OS2. The van der Waals surface area contributed by atoms with Crippen LogP contribution in [0.1, 0.15) is 18.1 Å². The maximum absolute atomic E-state index is 12.9. The number of nitrogens with zero attached hydrogens (tertiary/aromatic N) is 2. The van der Waals surface area contributed by atoms with E-state index in [-0.39, 0.29) is 5.56 Å². The van der Waals surface area contributed by atoms with E-state index in [1.54, 1.807) is 10.8 Å². The molecule has 0 unspecified atom stereocenters. The molecule has 0 amide bonds. The van der Waals surface area contributed by atoms with Crippen molar-refractivity contribution in [1.82, 2.24) is 14.5 Å². The van der Waals surface area contributed by atoms with E-state index in [0.717, 1.165) is 27.7 Å². The van der Waals surface area contributed by atoms with Gasteiger partial charge in [0.15, 0.2) is 4.77 Å². The van der Waals surface area contributed by atoms with E-state index in [1.807, 2.05) is 12.1 Å². The second-order valence-electron chi connectivity index (χ2n) is 5.65. The average Bonchev–Trinajstić information content (AvgIpc) is 2.98. The molecule has 0 fully saturated rings. The predicted octanol–water partition coefficient (Wildman–Crippen LogP) is 4.28. The number of hydrogen-bond donors (Lipinski definition) is 1. The van der Waals surface area contributed by atoms with Gasteiger partial charge < -0.3 is 4.98 Å². The normalized spacial score (nSPS) is 11.4. The van der Waals surface area contributed by atoms with Crippen LogP contribution in [0.3, 0.4) is 0 Å². The molecular weight excluding hydrogens is 338 g/mol. The van der Waals surface area contributed by atoms with Crippen LogP contribution in [0.5, 0.6) is 0 Å². The summed E-state index contributed by atoms with van der Waals surface area (Å²) in [5.41, 5.74) is 3.07. The Kier molecular flexibility index (Phi) is 3.78. The Balaban J connectivity index is 1.87. The van der Waals surface area contributed by atoms with Gasteiger partial charge in [0.05, 0.1) is 12.1 Å². The van der Waals surface area contributed by atoms with Crippen molar-refractivity contribution < 1.29 is 0 Å². The van der Waals surface area contributed by atoms with E-state index in [0.29, 0.717) is 16.0 Å². The van der Waals surface area contributed by atoms with Gasteiger partial charge in [0.25, 0.3) is 5.56 Å². The zero-order valence-corrected chi connectivity index (χ0v) is 14.7. The molecule has 1 N–H and O–H groups in total. The van der Waals surface area contributed by atoms with Crippen LogP contribution in [0.4, 0.5) is 0 Å². The van der Waals surface area contributed by atoms with E-state index in [2.05, 4.69) is 41.2 Å². The van der Waals surface area contributed by atoms with Gasteiger partial charge in [-0.2, -0.15) is 0 Å². The van der Waals surface area contributed by atoms with Gasteiger partial charge in [0.1, 0.15) is 9.53 Å². The van der Waals surface area contributed by atoms with Crippen molar-refractivity contribution in [3.63, 3.8) is 0 Å². The summed E-state index contributed by atoms with van der Waals surface area (Å²) in [7, 11) is 0. The van der Waals surface area contributed by atoms with Crippen LogP contribution in [0.2, 0.25) is 0 Å². The lowest BCUT2D eigenvalue weighted by Crippen LogP contribution is -2.21. The molecule has 0 bridgehead atoms. The van der Waals surface area contributed by atoms with Gasteiger partial charge in [-0.15, -0.1) is 11.3 Å². The molecule has 0 aliphatic heterocycles. The fourth-order valence-corrected chi connectivity index (χ4v) is 4.10. The number of aromatic amines is 1. The number of aryl methyl sites for hydroxylation is 1. The Morgan fingerprint density at radius 3 is 2.71 bits per heavy atom. The van der Waals surface area contributed by atoms with Crippen molar-refractivity contribution in [3.05, 3.63) is 68.8 Å². The lowest BCUT2D eigenvalue weighted by atomic mass is 10.1. The summed E-state index contributed by atoms with van der Waals surface area (Å²) in [5, 5.41) is 0.945. The van der Waals surface area contributed by atoms with Crippen molar-refractivity contribution in [2.24, 2.45) is 0 Å². The number of hydrogen-bond acceptors (Lipinski definition) is 4. The fraction of sp³-hybridized carbons (Fsp3) is 0.167. The Morgan fingerprint density at radius 1 is 1.21 bits per heavy atom. The third kappa shape index (κ3) is 2.48. The van der Waals surface area contributed by atoms with E-state index >= 15 is 0 Å². The molecule has 0 aliphatic rings. The van der Waals surface area contributed by atoms with Crippen LogP contribution in [-0.4, -0.2) is 14.5 Å². The number of H-pyrrole nitrogens is 1. The van der Waals surface area contributed by atoms with Gasteiger partial charge in [-0.25, -0.2) is 4.98 Å². The summed E-state index contributed by atoms with van der Waals surface area (Å²) < 4.78 is 2.73. The minimum absolute atomic E-state index is 0.0590. The fourth-order valence-electron chi connectivity index (χ4n) is 2.80. The number of nitrogens with one attached hydrogen (secondary N) is 1. The Labute approximate surface area is 147 Å². The second-order valence-corrected chi connectivity index (χ2v) is 7.04. The van der Waals surface area contributed by atoms with Gasteiger partial charge in [-0.05, 0) is 41.9 Å². The number of pyridine rings is 1. The SMILES string of the molecule is CCc1ccc(Cn2c(=S)[nH]c3c(sc4ncccc43)c2=O)cc1. The van der Waals surface area contributed by atoms with Gasteiger partial charge in [0.2, 0.25) is 0 Å². The Hall–Kier alpha value is -2.31. The molecule has 0 atom stereocenters. The third-order valence-corrected chi connectivity index (χ3v) is 5.58. The third-order valence-electron chi connectivity index (χ3n) is 4.15. The van der Waals surface area contributed by atoms with Crippen molar-refractivity contribution in [2.75, 3.05) is 0 Å². The molecule has 1 aromatic carbocycles. The highest BCUT2D eigenvalue weighted by molar-refractivity contribution is 7.71. The topological polar surface area (TPSA) is 50.7 Å². The van der Waals surface area contributed by atoms with Crippen molar-refractivity contribution in [2.45, 2.75) is 19.9 Å². The van der Waals surface area contributed by atoms with Gasteiger partial charge >= 0.3 is 0 Å². The first-order valence-corrected chi connectivity index (χ1v) is 8.98. The number of thiophene rings is 1. The van der Waals surface area contributed by atoms with Crippen LogP contribution < -0.4 is 5.56 Å². The summed E-state index contributed by atoms with van der Waals surface area (Å²) in [5.74, 6) is 0. The van der Waals surface area contributed by atoms with Crippen molar-refractivity contribution >= 4 is 44.0 Å². The summed E-state index contributed by atoms with van der Waals surface area (Å²) in [4.78, 5) is 21.3. The van der Waals surface area contributed by atoms with Crippen LogP contribution in [0, 0.1) is 4.77 Å². The number of rotatable bonds is 3. The van der Waals surface area contributed by atoms with Gasteiger partial charge in [0, 0.05) is 11.6 Å². The molecule has 3 aromatic heterocycles. The maximum atomic E-state index is 12.9. The van der Waals surface area contributed by atoms with Crippen molar-refractivity contribution in [3.8, 4) is 0 Å². The minimum Gasteiger partial charge on any atom is -0.330 e. The first kappa shape index (κ1) is 15.2. The van der Waals surface area contributed by atoms with E-state index in [1.165, 1.54) is 16.9 Å². The molecule has 4 rings (SSSR count). The molecule has 3 heterocycles. The molecule has 6 heteroatoms. The average molecular weight is 353 g/mol. The highest BCUT2D eigenvalue weighted by Gasteiger charge is 2.12. The van der Waals surface area contributed by atoms with Crippen LogP contribution in [0.25, 0.3) is 20.4 Å². The highest BCUT2D eigenvalue weighted by Crippen LogP contribution is 2.28.